The van der Waals surface area contributed by atoms with Crippen molar-refractivity contribution in [2.24, 2.45) is 0 Å². The molecule has 17 heavy (non-hydrogen) atoms. The van der Waals surface area contributed by atoms with Crippen molar-refractivity contribution >= 4 is 19.2 Å². The van der Waals surface area contributed by atoms with Crippen LogP contribution in [0.25, 0.3) is 0 Å². The summed E-state index contributed by atoms with van der Waals surface area (Å²) in [6, 6.07) is 1.61. The Labute approximate surface area is 106 Å². The molecule has 1 N–H and O–H groups in total. The number of amides is 1. The van der Waals surface area contributed by atoms with Gasteiger partial charge >= 0.3 is 0 Å². The second kappa shape index (κ2) is 11.2. The molecule has 1 aromatic heterocycles. The lowest BCUT2D eigenvalue weighted by molar-refractivity contribution is 0.0962. The molecule has 94 valence electrons. The Morgan fingerprint density at radius 3 is 2.29 bits per heavy atom. The van der Waals surface area contributed by atoms with E-state index in [0.717, 1.165) is 0 Å². The standard InChI is InChI=1S/C8H9BN2O.C3H8.C2H6/c1-5-7(8(12)10-2)3-6(9)4-11-5;1-3-2;1-2/h3-4H,1-2H3,(H,10,12);3H2,1-2H3;1-2H3. The van der Waals surface area contributed by atoms with E-state index in [2.05, 4.69) is 24.1 Å². The van der Waals surface area contributed by atoms with Crippen LogP contribution >= 0.6 is 0 Å². The minimum atomic E-state index is -0.160. The first-order valence-electron chi connectivity index (χ1n) is 6.00. The van der Waals surface area contributed by atoms with Crippen LogP contribution < -0.4 is 10.8 Å². The van der Waals surface area contributed by atoms with Crippen molar-refractivity contribution in [2.75, 3.05) is 7.05 Å². The lowest BCUT2D eigenvalue weighted by Gasteiger charge is -2.03. The molecule has 0 aliphatic carbocycles. The third-order valence-electron chi connectivity index (χ3n) is 1.58. The second-order valence-corrected chi connectivity index (χ2v) is 3.19. The maximum absolute atomic E-state index is 11.2. The monoisotopic (exact) mass is 234 g/mol. The fourth-order valence-corrected chi connectivity index (χ4v) is 0.914. The molecule has 4 heteroatoms. The molecule has 1 heterocycles. The van der Waals surface area contributed by atoms with Crippen LogP contribution in [0.5, 0.6) is 0 Å². The molecule has 0 spiro atoms. The predicted octanol–water partition coefficient (Wildman–Crippen LogP) is 1.99. The van der Waals surface area contributed by atoms with Gasteiger partial charge in [-0.3, -0.25) is 9.78 Å². The third kappa shape index (κ3) is 7.56. The number of carbonyl (C=O) groups excluding carboxylic acids is 1. The Balaban J connectivity index is 0. The molecule has 1 amide bonds. The first-order chi connectivity index (χ1) is 8.06. The lowest BCUT2D eigenvalue weighted by Crippen LogP contribution is -2.21. The molecule has 0 aromatic carbocycles. The molecular weight excluding hydrogens is 211 g/mol. The summed E-state index contributed by atoms with van der Waals surface area (Å²) in [5.41, 5.74) is 1.71. The summed E-state index contributed by atoms with van der Waals surface area (Å²) in [5.74, 6) is -0.160. The Morgan fingerprint density at radius 1 is 1.41 bits per heavy atom. The van der Waals surface area contributed by atoms with Crippen molar-refractivity contribution in [3.05, 3.63) is 23.5 Å². The maximum Gasteiger partial charge on any atom is 0.252 e. The van der Waals surface area contributed by atoms with Gasteiger partial charge in [0.25, 0.3) is 5.91 Å². The van der Waals surface area contributed by atoms with Gasteiger partial charge in [-0.05, 0) is 6.92 Å². The first kappa shape index (κ1) is 18.1. The van der Waals surface area contributed by atoms with Gasteiger partial charge in [0.15, 0.2) is 0 Å². The van der Waals surface area contributed by atoms with Crippen molar-refractivity contribution in [2.45, 2.75) is 41.0 Å². The van der Waals surface area contributed by atoms with E-state index >= 15 is 0 Å². The topological polar surface area (TPSA) is 42.0 Å². The number of hydrogen-bond acceptors (Lipinski definition) is 2. The molecule has 0 saturated heterocycles. The molecule has 0 fully saturated rings. The maximum atomic E-state index is 11.2. The predicted molar refractivity (Wildman–Crippen MR) is 75.1 cm³/mol. The molecule has 0 atom stereocenters. The highest BCUT2D eigenvalue weighted by Crippen LogP contribution is 2.00. The quantitative estimate of drug-likeness (QED) is 0.755. The molecule has 0 aliphatic heterocycles. The van der Waals surface area contributed by atoms with Gasteiger partial charge in [-0.15, -0.1) is 0 Å². The van der Waals surface area contributed by atoms with Gasteiger partial charge in [0.1, 0.15) is 7.85 Å². The molecule has 1 rings (SSSR count). The van der Waals surface area contributed by atoms with E-state index in [4.69, 9.17) is 7.85 Å². The summed E-state index contributed by atoms with van der Waals surface area (Å²) in [6.45, 7) is 10.0. The van der Waals surface area contributed by atoms with Gasteiger partial charge in [-0.25, -0.2) is 0 Å². The molecule has 3 nitrogen and oxygen atoms in total. The van der Waals surface area contributed by atoms with Crippen LogP contribution in [0.3, 0.4) is 0 Å². The summed E-state index contributed by atoms with van der Waals surface area (Å²) < 4.78 is 0. The van der Waals surface area contributed by atoms with Crippen LogP contribution in [0.4, 0.5) is 0 Å². The van der Waals surface area contributed by atoms with E-state index in [1.54, 1.807) is 20.0 Å². The van der Waals surface area contributed by atoms with Gasteiger partial charge in [-0.2, -0.15) is 0 Å². The fraction of sp³-hybridized carbons (Fsp3) is 0.538. The van der Waals surface area contributed by atoms with E-state index in [9.17, 15) is 4.79 Å². The van der Waals surface area contributed by atoms with Crippen LogP contribution in [0.1, 0.15) is 50.2 Å². The van der Waals surface area contributed by atoms with Crippen LogP contribution in [-0.4, -0.2) is 25.8 Å². The van der Waals surface area contributed by atoms with Gasteiger partial charge in [0.05, 0.1) is 5.56 Å². The molecule has 0 unspecified atom stereocenters. The number of rotatable bonds is 1. The van der Waals surface area contributed by atoms with E-state index in [1.807, 2.05) is 13.8 Å². The SMILES string of the molecule is CC.CCC.[B]c1cnc(C)c(C(=O)NC)c1. The summed E-state index contributed by atoms with van der Waals surface area (Å²) in [4.78, 5) is 15.1. The number of aryl methyl sites for hydroxylation is 1. The van der Waals surface area contributed by atoms with Crippen molar-refractivity contribution in [1.29, 1.82) is 0 Å². The smallest absolute Gasteiger partial charge is 0.252 e. The highest BCUT2D eigenvalue weighted by atomic mass is 16.1. The third-order valence-corrected chi connectivity index (χ3v) is 1.58. The zero-order chi connectivity index (χ0) is 13.8. The van der Waals surface area contributed by atoms with Gasteiger partial charge in [0.2, 0.25) is 0 Å². The van der Waals surface area contributed by atoms with Crippen LogP contribution in [0.2, 0.25) is 0 Å². The van der Waals surface area contributed by atoms with Gasteiger partial charge < -0.3 is 5.32 Å². The molecule has 0 saturated carbocycles. The molecule has 1 aromatic rings. The largest absolute Gasteiger partial charge is 0.355 e. The van der Waals surface area contributed by atoms with E-state index < -0.39 is 0 Å². The normalized spacial score (nSPS) is 8.12. The number of aromatic nitrogens is 1. The number of hydrogen-bond donors (Lipinski definition) is 1. The highest BCUT2D eigenvalue weighted by Gasteiger charge is 2.06. The average Bonchev–Trinajstić information content (AvgIpc) is 2.35. The minimum absolute atomic E-state index is 0.160. The number of nitrogens with zero attached hydrogens (tertiary/aromatic N) is 1. The fourth-order valence-electron chi connectivity index (χ4n) is 0.914. The molecule has 0 aliphatic rings. The summed E-state index contributed by atoms with van der Waals surface area (Å²) in [6.07, 6.45) is 2.78. The Bertz CT molecular complexity index is 327. The molecular formula is C13H23BN2O. The Kier molecular flexibility index (Phi) is 11.9. The average molecular weight is 234 g/mol. The zero-order valence-electron chi connectivity index (χ0n) is 11.8. The Morgan fingerprint density at radius 2 is 1.88 bits per heavy atom. The van der Waals surface area contributed by atoms with E-state index in [-0.39, 0.29) is 5.91 Å². The number of nitrogens with one attached hydrogen (secondary N) is 1. The van der Waals surface area contributed by atoms with Crippen LogP contribution in [0.15, 0.2) is 12.3 Å². The Hall–Kier alpha value is -1.32. The van der Waals surface area contributed by atoms with Crippen LogP contribution in [0, 0.1) is 6.92 Å². The van der Waals surface area contributed by atoms with E-state index in [1.165, 1.54) is 12.6 Å². The van der Waals surface area contributed by atoms with Crippen molar-refractivity contribution in [1.82, 2.24) is 10.3 Å². The molecule has 0 bridgehead atoms. The molecule has 2 radical (unpaired) electrons. The number of pyridine rings is 1. The van der Waals surface area contributed by atoms with Crippen molar-refractivity contribution in [3.63, 3.8) is 0 Å². The number of carbonyl (C=O) groups is 1. The highest BCUT2D eigenvalue weighted by molar-refractivity contribution is 6.32. The van der Waals surface area contributed by atoms with Crippen molar-refractivity contribution in [3.8, 4) is 0 Å². The lowest BCUT2D eigenvalue weighted by atomic mass is 9.96. The summed E-state index contributed by atoms with van der Waals surface area (Å²) >= 11 is 0. The minimum Gasteiger partial charge on any atom is -0.355 e. The van der Waals surface area contributed by atoms with Crippen molar-refractivity contribution < 1.29 is 4.79 Å². The zero-order valence-corrected chi connectivity index (χ0v) is 11.8. The van der Waals surface area contributed by atoms with Crippen LogP contribution in [-0.2, 0) is 0 Å². The second-order valence-electron chi connectivity index (χ2n) is 3.19. The summed E-state index contributed by atoms with van der Waals surface area (Å²) in [7, 11) is 7.05. The first-order valence-corrected chi connectivity index (χ1v) is 6.00. The van der Waals surface area contributed by atoms with Gasteiger partial charge in [0, 0.05) is 18.9 Å². The van der Waals surface area contributed by atoms with Gasteiger partial charge in [-0.1, -0.05) is 45.6 Å². The van der Waals surface area contributed by atoms with E-state index in [0.29, 0.717) is 16.7 Å². The summed E-state index contributed by atoms with van der Waals surface area (Å²) in [5, 5.41) is 2.51.